The quantitative estimate of drug-likeness (QED) is 0.755. The van der Waals surface area contributed by atoms with Crippen LogP contribution in [0.5, 0.6) is 0 Å². The van der Waals surface area contributed by atoms with Crippen molar-refractivity contribution in [3.05, 3.63) is 41.5 Å². The fourth-order valence-corrected chi connectivity index (χ4v) is 1.81. The Hall–Kier alpha value is -1.00. The third kappa shape index (κ3) is 2.49. The van der Waals surface area contributed by atoms with E-state index >= 15 is 0 Å². The Morgan fingerprint density at radius 2 is 2.07 bits per heavy atom. The maximum atomic E-state index is 5.76. The monoisotopic (exact) mass is 226 g/mol. The average Bonchev–Trinajstić information content (AvgIpc) is 2.70. The van der Waals surface area contributed by atoms with Crippen molar-refractivity contribution in [2.45, 2.75) is 10.6 Å². The molecule has 0 amide bonds. The lowest BCUT2D eigenvalue weighted by molar-refractivity contribution is 0.412. The first-order valence-corrected chi connectivity index (χ1v) is 5.34. The van der Waals surface area contributed by atoms with E-state index in [1.807, 2.05) is 24.3 Å². The lowest BCUT2D eigenvalue weighted by Crippen LogP contribution is -1.82. The molecule has 72 valence electrons. The van der Waals surface area contributed by atoms with E-state index in [9.17, 15) is 0 Å². The summed E-state index contributed by atoms with van der Waals surface area (Å²) in [5.41, 5.74) is 0. The molecule has 1 heterocycles. The minimum Gasteiger partial charge on any atom is -0.343 e. The van der Waals surface area contributed by atoms with Crippen LogP contribution in [0, 0.1) is 0 Å². The van der Waals surface area contributed by atoms with Crippen molar-refractivity contribution >= 4 is 23.4 Å². The summed E-state index contributed by atoms with van der Waals surface area (Å²) in [5.74, 6) is 1.41. The summed E-state index contributed by atoms with van der Waals surface area (Å²) in [6, 6.07) is 7.65. The number of rotatable bonds is 3. The predicted octanol–water partition coefficient (Wildman–Crippen LogP) is 3.02. The highest BCUT2D eigenvalue weighted by Crippen LogP contribution is 2.22. The first-order valence-electron chi connectivity index (χ1n) is 3.98. The van der Waals surface area contributed by atoms with E-state index < -0.39 is 0 Å². The third-order valence-electron chi connectivity index (χ3n) is 1.59. The molecule has 0 N–H and O–H groups in total. The van der Waals surface area contributed by atoms with Gasteiger partial charge in [0.05, 0.1) is 5.75 Å². The van der Waals surface area contributed by atoms with Gasteiger partial charge in [0.2, 0.25) is 6.39 Å². The van der Waals surface area contributed by atoms with Crippen LogP contribution in [0.25, 0.3) is 0 Å². The van der Waals surface area contributed by atoms with Crippen molar-refractivity contribution in [2.75, 3.05) is 0 Å². The zero-order chi connectivity index (χ0) is 9.80. The molecule has 0 aliphatic heterocycles. The molecule has 0 saturated carbocycles. The summed E-state index contributed by atoms with van der Waals surface area (Å²) in [5, 5.41) is 4.46. The predicted molar refractivity (Wildman–Crippen MR) is 55.3 cm³/mol. The molecule has 0 aliphatic carbocycles. The Morgan fingerprint density at radius 1 is 1.29 bits per heavy atom. The number of thioether (sulfide) groups is 1. The second kappa shape index (κ2) is 4.48. The van der Waals surface area contributed by atoms with E-state index in [2.05, 4.69) is 14.7 Å². The molecule has 0 spiro atoms. The van der Waals surface area contributed by atoms with Crippen LogP contribution in [0.1, 0.15) is 5.82 Å². The Labute approximate surface area is 90.5 Å². The van der Waals surface area contributed by atoms with Gasteiger partial charge in [-0.05, 0) is 24.3 Å². The number of hydrogen-bond donors (Lipinski definition) is 0. The molecular formula is C9H7ClN2OS. The van der Waals surface area contributed by atoms with Gasteiger partial charge in [-0.1, -0.05) is 16.8 Å². The molecule has 1 aromatic heterocycles. The van der Waals surface area contributed by atoms with Crippen LogP contribution < -0.4 is 0 Å². The number of benzene rings is 1. The lowest BCUT2D eigenvalue weighted by atomic mass is 10.4. The van der Waals surface area contributed by atoms with Crippen molar-refractivity contribution < 1.29 is 4.52 Å². The molecule has 2 aromatic rings. The fourth-order valence-electron chi connectivity index (χ4n) is 0.935. The van der Waals surface area contributed by atoms with Gasteiger partial charge in [-0.25, -0.2) is 0 Å². The molecule has 0 unspecified atom stereocenters. The Bertz CT molecular complexity index is 388. The van der Waals surface area contributed by atoms with E-state index in [0.29, 0.717) is 11.6 Å². The van der Waals surface area contributed by atoms with Gasteiger partial charge >= 0.3 is 0 Å². The molecule has 5 heteroatoms. The summed E-state index contributed by atoms with van der Waals surface area (Å²) >= 11 is 7.41. The van der Waals surface area contributed by atoms with Gasteiger partial charge in [0.25, 0.3) is 0 Å². The SMILES string of the molecule is Clc1ccc(SCc2ncon2)cc1. The van der Waals surface area contributed by atoms with Crippen LogP contribution in [-0.2, 0) is 5.75 Å². The highest BCUT2D eigenvalue weighted by atomic mass is 35.5. The number of aromatic nitrogens is 2. The second-order valence-corrected chi connectivity index (χ2v) is 4.08. The van der Waals surface area contributed by atoms with E-state index in [-0.39, 0.29) is 0 Å². The molecule has 14 heavy (non-hydrogen) atoms. The molecule has 0 saturated heterocycles. The molecular weight excluding hydrogens is 220 g/mol. The normalized spacial score (nSPS) is 10.4. The Balaban J connectivity index is 1.95. The van der Waals surface area contributed by atoms with E-state index in [4.69, 9.17) is 11.6 Å². The van der Waals surface area contributed by atoms with Gasteiger partial charge < -0.3 is 4.52 Å². The highest BCUT2D eigenvalue weighted by molar-refractivity contribution is 7.98. The van der Waals surface area contributed by atoms with Crippen LogP contribution in [0.4, 0.5) is 0 Å². The van der Waals surface area contributed by atoms with Gasteiger partial charge in [0.1, 0.15) is 0 Å². The number of hydrogen-bond acceptors (Lipinski definition) is 4. The summed E-state index contributed by atoms with van der Waals surface area (Å²) in [7, 11) is 0. The van der Waals surface area contributed by atoms with Crippen molar-refractivity contribution in [3.8, 4) is 0 Å². The van der Waals surface area contributed by atoms with Crippen LogP contribution in [0.3, 0.4) is 0 Å². The van der Waals surface area contributed by atoms with Crippen LogP contribution in [0.15, 0.2) is 40.1 Å². The van der Waals surface area contributed by atoms with Gasteiger partial charge in [-0.15, -0.1) is 11.8 Å². The van der Waals surface area contributed by atoms with Gasteiger partial charge in [-0.2, -0.15) is 4.98 Å². The first-order chi connectivity index (χ1) is 6.84. The van der Waals surface area contributed by atoms with Crippen molar-refractivity contribution in [1.29, 1.82) is 0 Å². The van der Waals surface area contributed by atoms with Crippen LogP contribution >= 0.6 is 23.4 Å². The van der Waals surface area contributed by atoms with Crippen molar-refractivity contribution in [3.63, 3.8) is 0 Å². The van der Waals surface area contributed by atoms with E-state index in [0.717, 1.165) is 9.92 Å². The van der Waals surface area contributed by atoms with Gasteiger partial charge in [0, 0.05) is 9.92 Å². The fraction of sp³-hybridized carbons (Fsp3) is 0.111. The molecule has 1 aromatic carbocycles. The van der Waals surface area contributed by atoms with Gasteiger partial charge in [0.15, 0.2) is 5.82 Å². The van der Waals surface area contributed by atoms with Crippen LogP contribution in [-0.4, -0.2) is 10.1 Å². The molecule has 3 nitrogen and oxygen atoms in total. The molecule has 0 atom stereocenters. The minimum absolute atomic E-state index is 0.699. The maximum absolute atomic E-state index is 5.76. The van der Waals surface area contributed by atoms with Crippen molar-refractivity contribution in [1.82, 2.24) is 10.1 Å². The summed E-state index contributed by atoms with van der Waals surface area (Å²) in [6.45, 7) is 0. The zero-order valence-electron chi connectivity index (χ0n) is 7.18. The largest absolute Gasteiger partial charge is 0.343 e. The maximum Gasteiger partial charge on any atom is 0.213 e. The third-order valence-corrected chi connectivity index (χ3v) is 2.85. The number of nitrogens with zero attached hydrogens (tertiary/aromatic N) is 2. The minimum atomic E-state index is 0.699. The Kier molecular flexibility index (Phi) is 3.06. The standard InChI is InChI=1S/C9H7ClN2OS/c10-7-1-3-8(4-2-7)14-5-9-11-6-13-12-9/h1-4,6H,5H2. The van der Waals surface area contributed by atoms with Gasteiger partial charge in [-0.3, -0.25) is 0 Å². The van der Waals surface area contributed by atoms with E-state index in [1.165, 1.54) is 6.39 Å². The smallest absolute Gasteiger partial charge is 0.213 e. The molecule has 0 aliphatic rings. The second-order valence-electron chi connectivity index (χ2n) is 2.59. The summed E-state index contributed by atoms with van der Waals surface area (Å²) in [4.78, 5) is 5.06. The molecule has 0 bridgehead atoms. The number of halogens is 1. The molecule has 0 radical (unpaired) electrons. The summed E-state index contributed by atoms with van der Waals surface area (Å²) < 4.78 is 4.63. The van der Waals surface area contributed by atoms with Crippen LogP contribution in [0.2, 0.25) is 5.02 Å². The average molecular weight is 227 g/mol. The van der Waals surface area contributed by atoms with Crippen molar-refractivity contribution in [2.24, 2.45) is 0 Å². The topological polar surface area (TPSA) is 38.9 Å². The molecule has 0 fully saturated rings. The lowest BCUT2D eigenvalue weighted by Gasteiger charge is -1.97. The summed E-state index contributed by atoms with van der Waals surface area (Å²) in [6.07, 6.45) is 1.33. The zero-order valence-corrected chi connectivity index (χ0v) is 8.76. The Morgan fingerprint density at radius 3 is 2.71 bits per heavy atom. The molecule has 2 rings (SSSR count). The van der Waals surface area contributed by atoms with E-state index in [1.54, 1.807) is 11.8 Å². The first kappa shape index (κ1) is 9.55. The highest BCUT2D eigenvalue weighted by Gasteiger charge is 1.99.